The van der Waals surface area contributed by atoms with Gasteiger partial charge < -0.3 is 50.4 Å². The summed E-state index contributed by atoms with van der Waals surface area (Å²) in [5.74, 6) is -1.84. The average Bonchev–Trinajstić information content (AvgIpc) is 4.05. The minimum Gasteiger partial charge on any atom is -0.497 e. The van der Waals surface area contributed by atoms with E-state index in [9.17, 15) is 24.0 Å². The van der Waals surface area contributed by atoms with Crippen LogP contribution in [-0.2, 0) is 39.9 Å². The van der Waals surface area contributed by atoms with Crippen LogP contribution in [0.3, 0.4) is 0 Å². The van der Waals surface area contributed by atoms with Gasteiger partial charge in [-0.05, 0) is 103 Å². The maximum absolute atomic E-state index is 14.0. The summed E-state index contributed by atoms with van der Waals surface area (Å²) >= 11 is 3.52. The average molecular weight is 1000 g/mol. The lowest BCUT2D eigenvalue weighted by atomic mass is 10.1. The van der Waals surface area contributed by atoms with Gasteiger partial charge in [-0.2, -0.15) is 0 Å². The molecule has 4 aromatic rings. The highest BCUT2D eigenvalue weighted by molar-refractivity contribution is 9.10. The number of likely N-dealkylation sites (tertiary alicyclic amines) is 1. The minimum atomic E-state index is -1.40. The van der Waals surface area contributed by atoms with Crippen molar-refractivity contribution < 1.29 is 47.7 Å². The van der Waals surface area contributed by atoms with E-state index in [1.807, 2.05) is 6.07 Å². The van der Waals surface area contributed by atoms with Crippen molar-refractivity contribution >= 4 is 85.9 Å². The van der Waals surface area contributed by atoms with Gasteiger partial charge in [0.05, 0.1) is 41.4 Å². The Morgan fingerprint density at radius 2 is 1.75 bits per heavy atom. The molecule has 1 aromatic heterocycles. The zero-order valence-electron chi connectivity index (χ0n) is 38.1. The molecule has 6 rings (SSSR count). The number of rotatable bonds is 21. The Balaban J connectivity index is 1.00. The number of carbonyl (C=O) groups excluding carboxylic acids is 5. The normalized spacial score (nSPS) is 15.3. The third-order valence-electron chi connectivity index (χ3n) is 10.9. The highest BCUT2D eigenvalue weighted by atomic mass is 79.9. The van der Waals surface area contributed by atoms with Gasteiger partial charge in [-0.3, -0.25) is 29.4 Å². The van der Waals surface area contributed by atoms with Crippen molar-refractivity contribution in [2.75, 3.05) is 64.9 Å². The van der Waals surface area contributed by atoms with Crippen molar-refractivity contribution in [3.05, 3.63) is 88.8 Å². The molecule has 21 heteroatoms. The fourth-order valence-electron chi connectivity index (χ4n) is 7.24. The van der Waals surface area contributed by atoms with Crippen LogP contribution in [0.1, 0.15) is 50.7 Å². The van der Waals surface area contributed by atoms with Crippen LogP contribution in [0.4, 0.5) is 16.2 Å². The van der Waals surface area contributed by atoms with Crippen molar-refractivity contribution in [3.8, 4) is 11.5 Å². The van der Waals surface area contributed by atoms with Crippen molar-refractivity contribution in [2.45, 2.75) is 58.3 Å². The largest absolute Gasteiger partial charge is 0.497 e. The number of hydrogen-bond donors (Lipinski definition) is 4. The Morgan fingerprint density at radius 1 is 0.971 bits per heavy atom. The van der Waals surface area contributed by atoms with Gasteiger partial charge in [0.15, 0.2) is 12.2 Å². The van der Waals surface area contributed by atoms with E-state index >= 15 is 0 Å². The molecule has 0 bridgehead atoms. The Labute approximate surface area is 401 Å². The number of halogens is 1. The summed E-state index contributed by atoms with van der Waals surface area (Å²) in [5, 5.41) is 13.8. The number of carbonyl (C=O) groups is 5. The predicted octanol–water partition coefficient (Wildman–Crippen LogP) is 5.17. The van der Waals surface area contributed by atoms with Crippen molar-refractivity contribution in [3.63, 3.8) is 0 Å². The summed E-state index contributed by atoms with van der Waals surface area (Å²) in [6.45, 7) is 6.18. The zero-order valence-corrected chi connectivity index (χ0v) is 39.7. The first-order chi connectivity index (χ1) is 32.9. The number of benzene rings is 3. The molecule has 3 aromatic carbocycles. The van der Waals surface area contributed by atoms with Crippen LogP contribution in [0.15, 0.2) is 82.7 Å². The lowest BCUT2D eigenvalue weighted by molar-refractivity contribution is -0.177. The van der Waals surface area contributed by atoms with Gasteiger partial charge in [0.1, 0.15) is 30.2 Å². The van der Waals surface area contributed by atoms with Crippen LogP contribution in [0, 0.1) is 5.41 Å². The molecular weight excluding hydrogens is 944 g/mol. The van der Waals surface area contributed by atoms with Crippen LogP contribution in [0.25, 0.3) is 16.6 Å². The molecule has 2 saturated heterocycles. The maximum atomic E-state index is 14.0. The first kappa shape index (κ1) is 50.3. The molecule has 0 saturated carbocycles. The molecule has 5 N–H and O–H groups in total. The van der Waals surface area contributed by atoms with Gasteiger partial charge in [-0.1, -0.05) is 18.2 Å². The molecule has 0 radical (unpaired) electrons. The number of aromatic nitrogens is 2. The number of nitrogens with two attached hydrogens (primary N) is 1. The number of hydrogen-bond acceptors (Lipinski definition) is 16. The number of esters is 3. The number of fused-ring (bicyclic) bond motifs is 1. The number of methoxy groups -OCH3 is 1. The number of amides is 3. The quantitative estimate of drug-likeness (QED) is 0.0478. The van der Waals surface area contributed by atoms with Crippen molar-refractivity contribution in [2.24, 2.45) is 10.7 Å². The van der Waals surface area contributed by atoms with Crippen molar-refractivity contribution in [1.82, 2.24) is 30.0 Å². The Kier molecular flexibility index (Phi) is 18.2. The number of nitrogens with one attached hydrogen (secondary N) is 3. The molecule has 68 heavy (non-hydrogen) atoms. The number of allylic oxidation sites excluding steroid dienone is 1. The minimum absolute atomic E-state index is 0.0731. The van der Waals surface area contributed by atoms with Gasteiger partial charge >= 0.3 is 23.9 Å². The van der Waals surface area contributed by atoms with Gasteiger partial charge in [0, 0.05) is 63.0 Å². The van der Waals surface area contributed by atoms with E-state index in [-0.39, 0.29) is 38.4 Å². The molecule has 20 nitrogen and oxygen atoms in total. The van der Waals surface area contributed by atoms with Crippen LogP contribution >= 0.6 is 15.9 Å². The lowest BCUT2D eigenvalue weighted by Crippen LogP contribution is -2.38. The predicted molar refractivity (Wildman–Crippen MR) is 256 cm³/mol. The van der Waals surface area contributed by atoms with Gasteiger partial charge in [-0.15, -0.1) is 0 Å². The molecule has 2 aliphatic rings. The fraction of sp³-hybridized carbons (Fsp3) is 0.383. The number of anilines is 1. The van der Waals surface area contributed by atoms with Gasteiger partial charge in [-0.25, -0.2) is 19.4 Å². The zero-order chi connectivity index (χ0) is 48.6. The van der Waals surface area contributed by atoms with E-state index in [0.717, 1.165) is 37.7 Å². The monoisotopic (exact) mass is 998 g/mol. The Hall–Kier alpha value is -7.13. The summed E-state index contributed by atoms with van der Waals surface area (Å²) in [6, 6.07) is 15.2. The van der Waals surface area contributed by atoms with E-state index in [0.29, 0.717) is 81.7 Å². The van der Waals surface area contributed by atoms with E-state index in [1.54, 1.807) is 60.9 Å². The maximum Gasteiger partial charge on any atom is 0.347 e. The fourth-order valence-corrected chi connectivity index (χ4v) is 7.76. The van der Waals surface area contributed by atoms with Crippen molar-refractivity contribution in [1.29, 1.82) is 5.41 Å². The molecule has 2 atom stereocenters. The first-order valence-corrected chi connectivity index (χ1v) is 22.9. The molecule has 0 spiro atoms. The number of nitrogens with zero attached hydrogens (tertiary/aromatic N) is 6. The van der Waals surface area contributed by atoms with Crippen LogP contribution in [0.5, 0.6) is 11.5 Å². The third kappa shape index (κ3) is 13.7. The SMILES string of the molecule is COc1cccc(CN(CCOC(=O)C(C)OC(=O)C(C)OC(=O)CCC(=O)N2CCN/C2=N/c2ccc3nccnc3c2Br)C(=O)Nc2ccc(/C(C=N)=C/N)cc2OCCN2CCCC2)c1. The molecule has 0 aliphatic carbocycles. The number of ether oxygens (including phenoxy) is 5. The summed E-state index contributed by atoms with van der Waals surface area (Å²) in [4.78, 5) is 84.2. The smallest absolute Gasteiger partial charge is 0.347 e. The van der Waals surface area contributed by atoms with Gasteiger partial charge in [0.25, 0.3) is 0 Å². The molecule has 360 valence electrons. The first-order valence-electron chi connectivity index (χ1n) is 22.1. The van der Waals surface area contributed by atoms with E-state index < -0.39 is 36.1 Å². The summed E-state index contributed by atoms with van der Waals surface area (Å²) < 4.78 is 28.1. The molecular formula is C47H55BrN10O10. The van der Waals surface area contributed by atoms with Crippen LogP contribution in [0.2, 0.25) is 0 Å². The number of urea groups is 1. The number of aliphatic imine (C=N–C) groups is 1. The molecule has 3 amide bonds. The third-order valence-corrected chi connectivity index (χ3v) is 11.7. The Morgan fingerprint density at radius 3 is 2.51 bits per heavy atom. The van der Waals surface area contributed by atoms with E-state index in [4.69, 9.17) is 34.8 Å². The second-order valence-corrected chi connectivity index (χ2v) is 16.5. The molecule has 2 unspecified atom stereocenters. The molecule has 2 aliphatic heterocycles. The highest BCUT2D eigenvalue weighted by Crippen LogP contribution is 2.32. The topological polar surface area (TPSA) is 253 Å². The second-order valence-electron chi connectivity index (χ2n) is 15.7. The lowest BCUT2D eigenvalue weighted by Gasteiger charge is -2.25. The van der Waals surface area contributed by atoms with Crippen LogP contribution < -0.4 is 25.8 Å². The van der Waals surface area contributed by atoms with Gasteiger partial charge in [0.2, 0.25) is 11.9 Å². The standard InChI is InChI=1S/C47H55BrN10O10/c1-30(68-45(62)31(2)67-41(60)14-13-40(59)58-20-17-53-46(58)54-37-11-12-38-43(42(37)48)52-16-15-51-38)44(61)66-24-22-57(29-32-7-6-8-35(25-32)64-3)47(63)55-36-10-9-33(34(27-49)28-50)26-39(36)65-23-21-56-18-4-5-19-56/h6-12,15-16,25-28,30-31,49H,4-5,13-14,17-24,29,50H2,1-3H3,(H,53,54)(H,55,63)/b34-28+,49-27?. The Bertz CT molecular complexity index is 2530. The summed E-state index contributed by atoms with van der Waals surface area (Å²) in [5.41, 5.74) is 9.79. The molecule has 3 heterocycles. The second kappa shape index (κ2) is 24.6. The van der Waals surface area contributed by atoms with Crippen LogP contribution in [-0.4, -0.2) is 138 Å². The van der Waals surface area contributed by atoms with E-state index in [1.165, 1.54) is 37.0 Å². The summed E-state index contributed by atoms with van der Waals surface area (Å²) in [7, 11) is 1.53. The highest BCUT2D eigenvalue weighted by Gasteiger charge is 2.29. The summed E-state index contributed by atoms with van der Waals surface area (Å²) in [6.07, 6.45) is 4.52. The van der Waals surface area contributed by atoms with E-state index in [2.05, 4.69) is 46.4 Å². The number of guanidine groups is 1. The molecule has 2 fully saturated rings.